The highest BCUT2D eigenvalue weighted by molar-refractivity contribution is 5.90. The maximum absolute atomic E-state index is 12.4. The molecular formula is C17H22N2O. The van der Waals surface area contributed by atoms with Crippen molar-refractivity contribution in [2.45, 2.75) is 26.2 Å². The van der Waals surface area contributed by atoms with Gasteiger partial charge in [0.2, 0.25) is 0 Å². The van der Waals surface area contributed by atoms with Gasteiger partial charge in [0.15, 0.2) is 5.78 Å². The lowest BCUT2D eigenvalue weighted by molar-refractivity contribution is -0.121. The molecule has 0 aliphatic carbocycles. The van der Waals surface area contributed by atoms with Crippen molar-refractivity contribution in [3.63, 3.8) is 0 Å². The molecule has 1 aromatic carbocycles. The second-order valence-corrected chi connectivity index (χ2v) is 6.08. The fourth-order valence-corrected chi connectivity index (χ4v) is 3.21. The van der Waals surface area contributed by atoms with Crippen LogP contribution in [0.5, 0.6) is 0 Å². The highest BCUT2D eigenvalue weighted by atomic mass is 16.1. The van der Waals surface area contributed by atoms with E-state index in [9.17, 15) is 10.1 Å². The van der Waals surface area contributed by atoms with Crippen LogP contribution in [-0.4, -0.2) is 30.3 Å². The number of Topliss-reactive ketones (excluding diaryl/α,β-unsaturated/α-hetero) is 1. The van der Waals surface area contributed by atoms with Crippen molar-refractivity contribution < 1.29 is 4.79 Å². The molecule has 0 bridgehead atoms. The molecule has 1 fully saturated rings. The molecule has 1 heterocycles. The number of nitriles is 1. The van der Waals surface area contributed by atoms with E-state index in [0.717, 1.165) is 18.7 Å². The Labute approximate surface area is 121 Å². The van der Waals surface area contributed by atoms with Crippen LogP contribution in [0.2, 0.25) is 0 Å². The van der Waals surface area contributed by atoms with Gasteiger partial charge in [0, 0.05) is 13.1 Å². The van der Waals surface area contributed by atoms with E-state index >= 15 is 0 Å². The van der Waals surface area contributed by atoms with E-state index < -0.39 is 5.92 Å². The molecule has 1 aliphatic heterocycles. The molecule has 0 aromatic heterocycles. The van der Waals surface area contributed by atoms with Gasteiger partial charge >= 0.3 is 0 Å². The largest absolute Gasteiger partial charge is 0.296 e. The Bertz CT molecular complexity index is 481. The molecule has 0 spiro atoms. The average molecular weight is 270 g/mol. The lowest BCUT2D eigenvalue weighted by Gasteiger charge is -2.34. The molecule has 1 aromatic rings. The maximum Gasteiger partial charge on any atom is 0.168 e. The van der Waals surface area contributed by atoms with E-state index in [-0.39, 0.29) is 5.78 Å². The first-order valence-electron chi connectivity index (χ1n) is 7.29. The molecule has 3 heteroatoms. The summed E-state index contributed by atoms with van der Waals surface area (Å²) in [6.07, 6.45) is 1.23. The van der Waals surface area contributed by atoms with Gasteiger partial charge in [-0.2, -0.15) is 5.26 Å². The van der Waals surface area contributed by atoms with Gasteiger partial charge < -0.3 is 0 Å². The smallest absolute Gasteiger partial charge is 0.168 e. The van der Waals surface area contributed by atoms with Gasteiger partial charge in [-0.3, -0.25) is 9.69 Å². The molecule has 1 aliphatic rings. The van der Waals surface area contributed by atoms with E-state index in [2.05, 4.69) is 24.8 Å². The molecule has 0 N–H and O–H groups in total. The summed E-state index contributed by atoms with van der Waals surface area (Å²) >= 11 is 0. The van der Waals surface area contributed by atoms with Crippen LogP contribution in [0.3, 0.4) is 0 Å². The summed E-state index contributed by atoms with van der Waals surface area (Å²) in [5.41, 5.74) is 0.804. The van der Waals surface area contributed by atoms with E-state index in [1.807, 2.05) is 30.3 Å². The molecule has 20 heavy (non-hydrogen) atoms. The predicted molar refractivity (Wildman–Crippen MR) is 79.2 cm³/mol. The highest BCUT2D eigenvalue weighted by Gasteiger charge is 2.27. The number of rotatable bonds is 4. The second-order valence-electron chi connectivity index (χ2n) is 6.08. The van der Waals surface area contributed by atoms with Crippen LogP contribution >= 0.6 is 0 Å². The quantitative estimate of drug-likeness (QED) is 0.845. The van der Waals surface area contributed by atoms with Crippen molar-refractivity contribution in [2.24, 2.45) is 11.8 Å². The predicted octanol–water partition coefficient (Wildman–Crippen LogP) is 2.84. The normalized spacial score (nSPS) is 24.9. The van der Waals surface area contributed by atoms with E-state index in [1.54, 1.807) is 0 Å². The van der Waals surface area contributed by atoms with Gasteiger partial charge in [-0.15, -0.1) is 0 Å². The van der Waals surface area contributed by atoms with E-state index in [1.165, 1.54) is 6.42 Å². The molecule has 3 atom stereocenters. The van der Waals surface area contributed by atoms with Gasteiger partial charge in [-0.1, -0.05) is 44.2 Å². The molecule has 2 rings (SSSR count). The molecule has 3 nitrogen and oxygen atoms in total. The van der Waals surface area contributed by atoms with Gasteiger partial charge in [-0.05, 0) is 23.8 Å². The number of piperidine rings is 1. The fraction of sp³-hybridized carbons (Fsp3) is 0.529. The highest BCUT2D eigenvalue weighted by Crippen LogP contribution is 2.22. The minimum atomic E-state index is -0.635. The Morgan fingerprint density at radius 3 is 2.45 bits per heavy atom. The summed E-state index contributed by atoms with van der Waals surface area (Å²) in [6, 6.07) is 11.5. The van der Waals surface area contributed by atoms with Crippen LogP contribution in [-0.2, 0) is 4.79 Å². The zero-order valence-corrected chi connectivity index (χ0v) is 12.2. The molecular weight excluding hydrogens is 248 g/mol. The van der Waals surface area contributed by atoms with Gasteiger partial charge in [0.1, 0.15) is 5.92 Å². The molecule has 0 amide bonds. The molecule has 0 saturated carbocycles. The first kappa shape index (κ1) is 14.7. The minimum absolute atomic E-state index is 0.0139. The van der Waals surface area contributed by atoms with Crippen LogP contribution in [0.15, 0.2) is 30.3 Å². The number of hydrogen-bond acceptors (Lipinski definition) is 3. The monoisotopic (exact) mass is 270 g/mol. The number of carbonyl (C=O) groups excluding carboxylic acids is 1. The summed E-state index contributed by atoms with van der Waals surface area (Å²) < 4.78 is 0. The number of nitrogens with zero attached hydrogens (tertiary/aromatic N) is 2. The third kappa shape index (κ3) is 3.68. The average Bonchev–Trinajstić information content (AvgIpc) is 2.39. The Balaban J connectivity index is 2.02. The van der Waals surface area contributed by atoms with Crippen LogP contribution in [0, 0.1) is 23.2 Å². The van der Waals surface area contributed by atoms with E-state index in [0.29, 0.717) is 18.4 Å². The number of likely N-dealkylation sites (tertiary alicyclic amines) is 1. The summed E-state index contributed by atoms with van der Waals surface area (Å²) in [4.78, 5) is 14.6. The molecule has 106 valence electrons. The Morgan fingerprint density at radius 2 is 1.90 bits per heavy atom. The van der Waals surface area contributed by atoms with Crippen molar-refractivity contribution in [1.82, 2.24) is 4.90 Å². The number of carbonyl (C=O) groups is 1. The number of ketones is 1. The van der Waals surface area contributed by atoms with Crippen molar-refractivity contribution in [3.8, 4) is 6.07 Å². The zero-order valence-electron chi connectivity index (χ0n) is 12.2. The third-order valence-corrected chi connectivity index (χ3v) is 3.91. The number of benzene rings is 1. The number of hydrogen-bond donors (Lipinski definition) is 0. The van der Waals surface area contributed by atoms with E-state index in [4.69, 9.17) is 0 Å². The third-order valence-electron chi connectivity index (χ3n) is 3.91. The maximum atomic E-state index is 12.4. The Kier molecular flexibility index (Phi) is 4.92. The molecule has 1 saturated heterocycles. The van der Waals surface area contributed by atoms with Crippen LogP contribution in [0.1, 0.15) is 31.7 Å². The Hall–Kier alpha value is -1.66. The van der Waals surface area contributed by atoms with Crippen molar-refractivity contribution in [1.29, 1.82) is 5.26 Å². The lowest BCUT2D eigenvalue weighted by atomic mass is 9.90. The lowest BCUT2D eigenvalue weighted by Crippen LogP contribution is -2.42. The second kappa shape index (κ2) is 6.67. The standard InChI is InChI=1S/C17H22N2O/c1-13-8-14(2)11-19(10-13)12-17(20)16(9-18)15-6-4-3-5-7-15/h3-7,13-14,16H,8,10-12H2,1-2H3/t13-,14+,16-/m0/s1. The molecule has 0 unspecified atom stereocenters. The summed E-state index contributed by atoms with van der Waals surface area (Å²) in [5, 5.41) is 9.29. The van der Waals surface area contributed by atoms with Crippen molar-refractivity contribution in [3.05, 3.63) is 35.9 Å². The van der Waals surface area contributed by atoms with Crippen LogP contribution in [0.25, 0.3) is 0 Å². The summed E-state index contributed by atoms with van der Waals surface area (Å²) in [7, 11) is 0. The van der Waals surface area contributed by atoms with Gasteiger partial charge in [0.05, 0.1) is 12.6 Å². The summed E-state index contributed by atoms with van der Waals surface area (Å²) in [6.45, 7) is 6.77. The first-order chi connectivity index (χ1) is 9.60. The van der Waals surface area contributed by atoms with Crippen LogP contribution < -0.4 is 0 Å². The van der Waals surface area contributed by atoms with Gasteiger partial charge in [0.25, 0.3) is 0 Å². The van der Waals surface area contributed by atoms with Gasteiger partial charge in [-0.25, -0.2) is 0 Å². The summed E-state index contributed by atoms with van der Waals surface area (Å²) in [5.74, 6) is 0.636. The van der Waals surface area contributed by atoms with Crippen molar-refractivity contribution >= 4 is 5.78 Å². The molecule has 0 radical (unpaired) electrons. The SMILES string of the molecule is C[C@@H]1C[C@H](C)CN(CC(=O)[C@@H](C#N)c2ccccc2)C1. The topological polar surface area (TPSA) is 44.1 Å². The van der Waals surface area contributed by atoms with Crippen LogP contribution in [0.4, 0.5) is 0 Å². The first-order valence-corrected chi connectivity index (χ1v) is 7.29. The zero-order chi connectivity index (χ0) is 14.5. The Morgan fingerprint density at radius 1 is 1.30 bits per heavy atom. The minimum Gasteiger partial charge on any atom is -0.296 e. The van der Waals surface area contributed by atoms with Crippen molar-refractivity contribution in [2.75, 3.05) is 19.6 Å². The fourth-order valence-electron chi connectivity index (χ4n) is 3.21.